The number of rotatable bonds is 4. The highest BCUT2D eigenvalue weighted by molar-refractivity contribution is 6.03. The second-order valence-corrected chi connectivity index (χ2v) is 6.32. The summed E-state index contributed by atoms with van der Waals surface area (Å²) in [5.74, 6) is -1.42. The number of carboxylic acids is 1. The van der Waals surface area contributed by atoms with Crippen LogP contribution in [0.2, 0.25) is 0 Å². The molecule has 9 nitrogen and oxygen atoms in total. The van der Waals surface area contributed by atoms with Gasteiger partial charge in [0.15, 0.2) is 5.69 Å². The van der Waals surface area contributed by atoms with Gasteiger partial charge in [-0.1, -0.05) is 0 Å². The number of carbonyl (C=O) groups is 2. The molecule has 1 aliphatic heterocycles. The van der Waals surface area contributed by atoms with Crippen molar-refractivity contribution >= 4 is 11.9 Å². The van der Waals surface area contributed by atoms with E-state index in [-0.39, 0.29) is 17.2 Å². The molecule has 3 rings (SSSR count). The quantitative estimate of drug-likeness (QED) is 0.845. The van der Waals surface area contributed by atoms with Gasteiger partial charge in [0, 0.05) is 58.6 Å². The fourth-order valence-corrected chi connectivity index (χ4v) is 3.17. The van der Waals surface area contributed by atoms with Gasteiger partial charge in [0.25, 0.3) is 5.91 Å². The van der Waals surface area contributed by atoms with E-state index in [1.165, 1.54) is 23.5 Å². The van der Waals surface area contributed by atoms with Crippen LogP contribution in [0.3, 0.4) is 0 Å². The minimum atomic E-state index is -1.14. The van der Waals surface area contributed by atoms with Crippen LogP contribution in [-0.4, -0.2) is 72.5 Å². The number of aromatic carboxylic acids is 1. The van der Waals surface area contributed by atoms with Crippen molar-refractivity contribution in [2.75, 3.05) is 26.2 Å². The predicted molar refractivity (Wildman–Crippen MR) is 89.3 cm³/mol. The van der Waals surface area contributed by atoms with Crippen LogP contribution in [-0.2, 0) is 20.6 Å². The van der Waals surface area contributed by atoms with E-state index in [2.05, 4.69) is 15.1 Å². The minimum Gasteiger partial charge on any atom is -0.477 e. The van der Waals surface area contributed by atoms with E-state index in [4.69, 9.17) is 0 Å². The van der Waals surface area contributed by atoms with Crippen LogP contribution >= 0.6 is 0 Å². The molecule has 0 atom stereocenters. The predicted octanol–water partition coefficient (Wildman–Crippen LogP) is 0.118. The number of hydrogen-bond acceptors (Lipinski definition) is 5. The number of amides is 1. The molecule has 1 fully saturated rings. The highest BCUT2D eigenvalue weighted by Crippen LogP contribution is 2.15. The van der Waals surface area contributed by atoms with E-state index in [0.29, 0.717) is 13.1 Å². The molecule has 1 aliphatic rings. The van der Waals surface area contributed by atoms with Crippen LogP contribution in [0.1, 0.15) is 32.1 Å². The van der Waals surface area contributed by atoms with E-state index < -0.39 is 5.97 Å². The Labute approximate surface area is 145 Å². The molecular weight excluding hydrogens is 324 g/mol. The summed E-state index contributed by atoms with van der Waals surface area (Å²) in [7, 11) is 3.43. The molecular formula is C16H22N6O3. The summed E-state index contributed by atoms with van der Waals surface area (Å²) in [5.41, 5.74) is 2.27. The third-order valence-corrected chi connectivity index (χ3v) is 4.54. The number of aryl methyl sites for hydroxylation is 3. The molecule has 0 radical (unpaired) electrons. The molecule has 0 unspecified atom stereocenters. The smallest absolute Gasteiger partial charge is 0.354 e. The summed E-state index contributed by atoms with van der Waals surface area (Å²) >= 11 is 0. The highest BCUT2D eigenvalue weighted by Gasteiger charge is 2.28. The first-order chi connectivity index (χ1) is 11.9. The second kappa shape index (κ2) is 6.67. The molecule has 0 aromatic carbocycles. The topological polar surface area (TPSA) is 96.5 Å². The first-order valence-corrected chi connectivity index (χ1v) is 8.13. The Morgan fingerprint density at radius 3 is 2.44 bits per heavy atom. The van der Waals surface area contributed by atoms with Gasteiger partial charge in [-0.25, -0.2) is 4.79 Å². The largest absolute Gasteiger partial charge is 0.477 e. The van der Waals surface area contributed by atoms with Crippen LogP contribution < -0.4 is 0 Å². The molecule has 0 saturated carbocycles. The maximum absolute atomic E-state index is 12.6. The Morgan fingerprint density at radius 1 is 1.20 bits per heavy atom. The van der Waals surface area contributed by atoms with Crippen molar-refractivity contribution in [3.63, 3.8) is 0 Å². The summed E-state index contributed by atoms with van der Waals surface area (Å²) in [6.45, 7) is 5.39. The molecule has 1 amide bonds. The molecule has 2 aromatic heterocycles. The van der Waals surface area contributed by atoms with Crippen molar-refractivity contribution in [1.82, 2.24) is 29.4 Å². The maximum Gasteiger partial charge on any atom is 0.354 e. The third kappa shape index (κ3) is 3.41. The molecule has 2 aromatic rings. The molecule has 1 saturated heterocycles. The number of hydrogen-bond donors (Lipinski definition) is 1. The van der Waals surface area contributed by atoms with Gasteiger partial charge in [0.05, 0.1) is 17.5 Å². The van der Waals surface area contributed by atoms with Gasteiger partial charge < -0.3 is 10.0 Å². The fourth-order valence-electron chi connectivity index (χ4n) is 3.17. The molecule has 3 heterocycles. The van der Waals surface area contributed by atoms with E-state index in [9.17, 15) is 14.7 Å². The average molecular weight is 346 g/mol. The Hall–Kier alpha value is -2.68. The lowest BCUT2D eigenvalue weighted by molar-refractivity contribution is 0.0605. The van der Waals surface area contributed by atoms with Gasteiger partial charge >= 0.3 is 5.97 Å². The Balaban J connectivity index is 1.63. The monoisotopic (exact) mass is 346 g/mol. The standard InChI is InChI=1S/C16H22N6O3/c1-11-12(9-19(2)18-11)10-21-4-6-22(7-5-21)15(23)13-8-17-20(3)14(13)16(24)25/h8-9H,4-7,10H2,1-3H3,(H,24,25). The van der Waals surface area contributed by atoms with Crippen LogP contribution in [0.15, 0.2) is 12.4 Å². The van der Waals surface area contributed by atoms with Crippen molar-refractivity contribution < 1.29 is 14.7 Å². The third-order valence-electron chi connectivity index (χ3n) is 4.54. The molecule has 9 heteroatoms. The highest BCUT2D eigenvalue weighted by atomic mass is 16.4. The summed E-state index contributed by atoms with van der Waals surface area (Å²) in [4.78, 5) is 27.9. The van der Waals surface area contributed by atoms with Gasteiger partial charge in [-0.15, -0.1) is 0 Å². The lowest BCUT2D eigenvalue weighted by atomic mass is 10.2. The number of carboxylic acid groups (broad SMARTS) is 1. The fraction of sp³-hybridized carbons (Fsp3) is 0.500. The lowest BCUT2D eigenvalue weighted by Gasteiger charge is -2.34. The Bertz CT molecular complexity index is 801. The van der Waals surface area contributed by atoms with Crippen molar-refractivity contribution in [3.05, 3.63) is 34.9 Å². The van der Waals surface area contributed by atoms with Crippen molar-refractivity contribution in [2.45, 2.75) is 13.5 Å². The molecule has 0 spiro atoms. The van der Waals surface area contributed by atoms with E-state index >= 15 is 0 Å². The maximum atomic E-state index is 12.6. The summed E-state index contributed by atoms with van der Waals surface area (Å²) in [6, 6.07) is 0. The van der Waals surface area contributed by atoms with Gasteiger partial charge in [0.2, 0.25) is 0 Å². The normalized spacial score (nSPS) is 15.6. The summed E-state index contributed by atoms with van der Waals surface area (Å²) < 4.78 is 3.03. The summed E-state index contributed by atoms with van der Waals surface area (Å²) in [6.07, 6.45) is 3.35. The molecule has 0 bridgehead atoms. The number of carbonyl (C=O) groups excluding carboxylic acids is 1. The van der Waals surface area contributed by atoms with Crippen molar-refractivity contribution in [1.29, 1.82) is 0 Å². The van der Waals surface area contributed by atoms with Gasteiger partial charge in [-0.3, -0.25) is 19.1 Å². The molecule has 25 heavy (non-hydrogen) atoms. The number of nitrogens with zero attached hydrogens (tertiary/aromatic N) is 6. The zero-order chi connectivity index (χ0) is 18.1. The first-order valence-electron chi connectivity index (χ1n) is 8.13. The lowest BCUT2D eigenvalue weighted by Crippen LogP contribution is -2.48. The Morgan fingerprint density at radius 2 is 1.88 bits per heavy atom. The number of aromatic nitrogens is 4. The first kappa shape index (κ1) is 17.2. The molecule has 1 N–H and O–H groups in total. The minimum absolute atomic E-state index is 0.0709. The van der Waals surface area contributed by atoms with Gasteiger partial charge in [0.1, 0.15) is 0 Å². The van der Waals surface area contributed by atoms with Crippen LogP contribution in [0.5, 0.6) is 0 Å². The van der Waals surface area contributed by atoms with E-state index in [0.717, 1.165) is 25.3 Å². The zero-order valence-electron chi connectivity index (χ0n) is 14.6. The van der Waals surface area contributed by atoms with Gasteiger partial charge in [-0.2, -0.15) is 10.2 Å². The van der Waals surface area contributed by atoms with E-state index in [1.807, 2.05) is 20.2 Å². The SMILES string of the molecule is Cc1nn(C)cc1CN1CCN(C(=O)c2cnn(C)c2C(=O)O)CC1. The Kier molecular flexibility index (Phi) is 4.58. The van der Waals surface area contributed by atoms with E-state index in [1.54, 1.807) is 9.58 Å². The summed E-state index contributed by atoms with van der Waals surface area (Å²) in [5, 5.41) is 17.5. The van der Waals surface area contributed by atoms with Crippen LogP contribution in [0.4, 0.5) is 0 Å². The molecule has 0 aliphatic carbocycles. The number of piperazine rings is 1. The molecule has 134 valence electrons. The van der Waals surface area contributed by atoms with Crippen molar-refractivity contribution in [2.24, 2.45) is 14.1 Å². The van der Waals surface area contributed by atoms with Crippen LogP contribution in [0, 0.1) is 6.92 Å². The van der Waals surface area contributed by atoms with Crippen LogP contribution in [0.25, 0.3) is 0 Å². The zero-order valence-corrected chi connectivity index (χ0v) is 14.6. The second-order valence-electron chi connectivity index (χ2n) is 6.32. The van der Waals surface area contributed by atoms with Crippen molar-refractivity contribution in [3.8, 4) is 0 Å². The van der Waals surface area contributed by atoms with Gasteiger partial charge in [-0.05, 0) is 6.92 Å². The average Bonchev–Trinajstić information content (AvgIpc) is 3.09.